The first kappa shape index (κ1) is 28.1. The molecule has 1 atom stereocenters. The standard InChI is InChI=1S/C29H30Cl2N6O3/c1-16-8-17(9-18(11-32)28(16)39-20-4-6-37(7-5-20)19-14-38-15-19)27(34)22-10-21(2-3-25(22)33)40-29(35)26-23(30)12-36-13-24(26)31/h2-3,8-10,12-13,19-20,29,34H,4-7,14-15,33,35H2,1H3/t29-/m0/s1. The van der Waals surface area contributed by atoms with Crippen molar-refractivity contribution in [1.82, 2.24) is 9.88 Å². The minimum Gasteiger partial charge on any atom is -0.489 e. The van der Waals surface area contributed by atoms with Crippen molar-refractivity contribution in [2.24, 2.45) is 5.73 Å². The van der Waals surface area contributed by atoms with E-state index in [1.165, 1.54) is 12.4 Å². The molecule has 40 heavy (non-hydrogen) atoms. The Bertz CT molecular complexity index is 1440. The van der Waals surface area contributed by atoms with Gasteiger partial charge in [-0.2, -0.15) is 5.26 Å². The Morgan fingerprint density at radius 3 is 2.50 bits per heavy atom. The number of nitrogens with one attached hydrogen (secondary N) is 1. The summed E-state index contributed by atoms with van der Waals surface area (Å²) in [5, 5.41) is 19.4. The molecule has 5 N–H and O–H groups in total. The van der Waals surface area contributed by atoms with E-state index in [-0.39, 0.29) is 21.9 Å². The number of nitrogens with zero attached hydrogens (tertiary/aromatic N) is 3. The number of hydrogen-bond acceptors (Lipinski definition) is 9. The van der Waals surface area contributed by atoms with Crippen LogP contribution < -0.4 is 20.9 Å². The molecule has 0 amide bonds. The minimum atomic E-state index is -0.966. The van der Waals surface area contributed by atoms with E-state index in [1.54, 1.807) is 24.3 Å². The van der Waals surface area contributed by atoms with Gasteiger partial charge in [-0.05, 0) is 55.7 Å². The second-order valence-corrected chi connectivity index (χ2v) is 10.8. The molecule has 0 aliphatic carbocycles. The van der Waals surface area contributed by atoms with E-state index in [0.717, 1.165) is 44.7 Å². The van der Waals surface area contributed by atoms with Gasteiger partial charge < -0.3 is 19.9 Å². The van der Waals surface area contributed by atoms with Gasteiger partial charge in [-0.3, -0.25) is 21.0 Å². The van der Waals surface area contributed by atoms with Crippen LogP contribution in [0.25, 0.3) is 0 Å². The van der Waals surface area contributed by atoms with Gasteiger partial charge in [0.2, 0.25) is 0 Å². The predicted octanol–water partition coefficient (Wildman–Crippen LogP) is 4.85. The van der Waals surface area contributed by atoms with Gasteiger partial charge in [-0.15, -0.1) is 0 Å². The van der Waals surface area contributed by atoms with Crippen molar-refractivity contribution in [3.05, 3.63) is 80.6 Å². The van der Waals surface area contributed by atoms with E-state index in [2.05, 4.69) is 16.0 Å². The molecule has 0 saturated carbocycles. The average molecular weight is 582 g/mol. The van der Waals surface area contributed by atoms with Crippen molar-refractivity contribution in [2.45, 2.75) is 38.1 Å². The molecule has 2 saturated heterocycles. The summed E-state index contributed by atoms with van der Waals surface area (Å²) in [6, 6.07) is 11.2. The molecule has 9 nitrogen and oxygen atoms in total. The molecule has 11 heteroatoms. The van der Waals surface area contributed by atoms with Crippen LogP contribution in [0.1, 0.15) is 46.9 Å². The molecule has 3 aromatic rings. The Labute approximate surface area is 243 Å². The van der Waals surface area contributed by atoms with Gasteiger partial charge in [0.15, 0.2) is 6.23 Å². The zero-order valence-electron chi connectivity index (χ0n) is 22.0. The van der Waals surface area contributed by atoms with Crippen LogP contribution in [0.2, 0.25) is 10.0 Å². The summed E-state index contributed by atoms with van der Waals surface area (Å²) < 4.78 is 17.6. The van der Waals surface area contributed by atoms with Crippen molar-refractivity contribution >= 4 is 34.6 Å². The molecule has 2 fully saturated rings. The third-order valence-corrected chi connectivity index (χ3v) is 7.92. The maximum absolute atomic E-state index is 9.95. The number of benzene rings is 2. The molecule has 1 aromatic heterocycles. The Kier molecular flexibility index (Phi) is 8.45. The number of halogens is 2. The minimum absolute atomic E-state index is 0.0319. The number of pyridine rings is 1. The number of nitriles is 1. The van der Waals surface area contributed by atoms with Gasteiger partial charge in [0, 0.05) is 47.9 Å². The zero-order chi connectivity index (χ0) is 28.4. The number of anilines is 1. The molecular weight excluding hydrogens is 551 g/mol. The van der Waals surface area contributed by atoms with Crippen LogP contribution in [0.4, 0.5) is 5.69 Å². The zero-order valence-corrected chi connectivity index (χ0v) is 23.5. The second kappa shape index (κ2) is 12.0. The summed E-state index contributed by atoms with van der Waals surface area (Å²) in [7, 11) is 0. The fourth-order valence-electron chi connectivity index (χ4n) is 5.00. The maximum Gasteiger partial charge on any atom is 0.177 e. The van der Waals surface area contributed by atoms with Crippen LogP contribution in [0.15, 0.2) is 42.7 Å². The van der Waals surface area contributed by atoms with Gasteiger partial charge in [0.25, 0.3) is 0 Å². The van der Waals surface area contributed by atoms with Crippen molar-refractivity contribution in [1.29, 1.82) is 10.7 Å². The topological polar surface area (TPSA) is 143 Å². The monoisotopic (exact) mass is 580 g/mol. The smallest absolute Gasteiger partial charge is 0.177 e. The highest BCUT2D eigenvalue weighted by Gasteiger charge is 2.31. The second-order valence-electron chi connectivity index (χ2n) is 10.0. The summed E-state index contributed by atoms with van der Waals surface area (Å²) in [6.45, 7) is 5.39. The van der Waals surface area contributed by atoms with Crippen molar-refractivity contribution in [2.75, 3.05) is 32.0 Å². The van der Waals surface area contributed by atoms with E-state index in [1.807, 2.05) is 13.0 Å². The molecule has 5 rings (SSSR count). The molecule has 2 aliphatic heterocycles. The number of nitrogens with two attached hydrogens (primary N) is 2. The van der Waals surface area contributed by atoms with Crippen LogP contribution in [0.3, 0.4) is 0 Å². The number of likely N-dealkylation sites (tertiary alicyclic amines) is 1. The number of aryl methyl sites for hydroxylation is 1. The summed E-state index contributed by atoms with van der Waals surface area (Å²) in [5.41, 5.74) is 15.5. The molecule has 0 unspecified atom stereocenters. The van der Waals surface area contributed by atoms with Gasteiger partial charge in [-0.1, -0.05) is 23.2 Å². The van der Waals surface area contributed by atoms with E-state index in [0.29, 0.717) is 45.5 Å². The third-order valence-electron chi connectivity index (χ3n) is 7.31. The maximum atomic E-state index is 9.95. The normalized spacial score (nSPS) is 17.1. The Morgan fingerprint density at radius 1 is 1.18 bits per heavy atom. The lowest BCUT2D eigenvalue weighted by Gasteiger charge is -2.41. The van der Waals surface area contributed by atoms with E-state index in [9.17, 15) is 5.26 Å². The number of nitrogen functional groups attached to an aromatic ring is 1. The van der Waals surface area contributed by atoms with Crippen molar-refractivity contribution in [3.8, 4) is 17.6 Å². The molecule has 0 spiro atoms. The van der Waals surface area contributed by atoms with Gasteiger partial charge in [0.05, 0.1) is 40.6 Å². The van der Waals surface area contributed by atoms with Crippen molar-refractivity contribution < 1.29 is 14.2 Å². The molecule has 208 valence electrons. The van der Waals surface area contributed by atoms with Crippen molar-refractivity contribution in [3.63, 3.8) is 0 Å². The Hall–Kier alpha value is -3.39. The van der Waals surface area contributed by atoms with Crippen LogP contribution >= 0.6 is 23.2 Å². The highest BCUT2D eigenvalue weighted by molar-refractivity contribution is 6.35. The SMILES string of the molecule is Cc1cc(C(=N)c2cc(O[C@H](N)c3c(Cl)cncc3Cl)ccc2N)cc(C#N)c1OC1CCN(C2COC2)CC1. The Balaban J connectivity index is 1.33. The number of rotatable bonds is 8. The summed E-state index contributed by atoms with van der Waals surface area (Å²) in [5.74, 6) is 0.939. The number of piperidine rings is 1. The lowest BCUT2D eigenvalue weighted by molar-refractivity contribution is -0.0778. The highest BCUT2D eigenvalue weighted by Crippen LogP contribution is 2.33. The molecule has 2 aromatic carbocycles. The molecule has 2 aliphatic rings. The van der Waals surface area contributed by atoms with Gasteiger partial charge in [0.1, 0.15) is 23.7 Å². The lowest BCUT2D eigenvalue weighted by atomic mass is 9.96. The fraction of sp³-hybridized carbons (Fsp3) is 0.345. The first-order valence-electron chi connectivity index (χ1n) is 13.0. The first-order valence-corrected chi connectivity index (χ1v) is 13.7. The number of ether oxygens (including phenoxy) is 3. The first-order chi connectivity index (χ1) is 19.2. The summed E-state index contributed by atoms with van der Waals surface area (Å²) in [6.07, 6.45) is 3.72. The molecule has 0 bridgehead atoms. The number of hydrogen-bond donors (Lipinski definition) is 3. The predicted molar refractivity (Wildman–Crippen MR) is 154 cm³/mol. The van der Waals surface area contributed by atoms with Gasteiger partial charge in [-0.25, -0.2) is 0 Å². The number of aromatic nitrogens is 1. The summed E-state index contributed by atoms with van der Waals surface area (Å²) in [4.78, 5) is 6.38. The average Bonchev–Trinajstić information content (AvgIpc) is 2.90. The van der Waals surface area contributed by atoms with Gasteiger partial charge >= 0.3 is 0 Å². The molecule has 0 radical (unpaired) electrons. The van der Waals surface area contributed by atoms with Crippen LogP contribution in [-0.2, 0) is 4.74 Å². The molecular formula is C29H30Cl2N6O3. The quantitative estimate of drug-likeness (QED) is 0.195. The summed E-state index contributed by atoms with van der Waals surface area (Å²) >= 11 is 12.4. The third kappa shape index (κ3) is 5.87. The highest BCUT2D eigenvalue weighted by atomic mass is 35.5. The Morgan fingerprint density at radius 2 is 1.88 bits per heavy atom. The van der Waals surface area contributed by atoms with E-state index >= 15 is 0 Å². The molecule has 3 heterocycles. The largest absolute Gasteiger partial charge is 0.489 e. The van der Waals surface area contributed by atoms with E-state index < -0.39 is 6.23 Å². The van der Waals surface area contributed by atoms with Crippen LogP contribution in [0, 0.1) is 23.7 Å². The van der Waals surface area contributed by atoms with E-state index in [4.69, 9.17) is 54.3 Å². The van der Waals surface area contributed by atoms with Crippen LogP contribution in [-0.4, -0.2) is 54.0 Å². The van der Waals surface area contributed by atoms with Crippen LogP contribution in [0.5, 0.6) is 11.5 Å². The lowest BCUT2D eigenvalue weighted by Crippen LogP contribution is -2.52. The fourth-order valence-corrected chi connectivity index (χ4v) is 5.58.